The number of oxime groups is 2. The Morgan fingerprint density at radius 2 is 0.596 bits per heavy atom. The van der Waals surface area contributed by atoms with Crippen LogP contribution < -0.4 is 56.6 Å². The first kappa shape index (κ1) is 39.5. The molecule has 0 saturated carbocycles. The molecule has 0 spiro atoms. The van der Waals surface area contributed by atoms with E-state index in [-0.39, 0.29) is 45.2 Å². The van der Waals surface area contributed by atoms with E-state index < -0.39 is 15.8 Å². The van der Waals surface area contributed by atoms with Crippen LogP contribution >= 0.6 is 15.8 Å². The van der Waals surface area contributed by atoms with Crippen LogP contribution in [0.25, 0.3) is 0 Å². The van der Waals surface area contributed by atoms with Crippen molar-refractivity contribution in [1.82, 2.24) is 0 Å². The van der Waals surface area contributed by atoms with Crippen molar-refractivity contribution >= 4 is 60.1 Å². The predicted octanol–water partition coefficient (Wildman–Crippen LogP) is -0.0241. The summed E-state index contributed by atoms with van der Waals surface area (Å²) in [5.41, 5.74) is 1.93. The summed E-state index contributed by atoms with van der Waals surface area (Å²) in [6.45, 7) is 0. The molecule has 2 N–H and O–H groups in total. The van der Waals surface area contributed by atoms with Crippen LogP contribution in [-0.4, -0.2) is 22.8 Å². The van der Waals surface area contributed by atoms with Gasteiger partial charge in [-0.3, -0.25) is 0 Å². The zero-order valence-corrected chi connectivity index (χ0v) is 30.2. The van der Waals surface area contributed by atoms with Crippen molar-refractivity contribution in [3.05, 3.63) is 181 Å². The van der Waals surface area contributed by atoms with E-state index in [1.165, 1.54) is 44.3 Å². The summed E-state index contributed by atoms with van der Waals surface area (Å²) in [4.78, 5) is 0. The van der Waals surface area contributed by atoms with Gasteiger partial charge >= 0.3 is 20.4 Å². The number of nitrogens with zero attached hydrogens (tertiary/aromatic N) is 2. The van der Waals surface area contributed by atoms with Crippen LogP contribution in [-0.2, 0) is 20.4 Å². The summed E-state index contributed by atoms with van der Waals surface area (Å²) in [5, 5.41) is 32.1. The van der Waals surface area contributed by atoms with Gasteiger partial charge in [0.2, 0.25) is 0 Å². The molecule has 0 saturated heterocycles. The third kappa shape index (κ3) is 10.7. The molecule has 6 aromatic rings. The monoisotopic (exact) mass is 788 g/mol. The molecule has 0 atom stereocenters. The Bertz CT molecular complexity index is 1590. The fraction of sp³-hybridized carbons (Fsp3) is 0. The van der Waals surface area contributed by atoms with Crippen molar-refractivity contribution in [2.75, 3.05) is 0 Å². The second-order valence-electron chi connectivity index (χ2n) is 9.88. The maximum atomic E-state index is 8.95. The second kappa shape index (κ2) is 21.3. The Kier molecular flexibility index (Phi) is 17.9. The Hall–Kier alpha value is -3.64. The normalized spacial score (nSPS) is 10.4. The predicted molar refractivity (Wildman–Crippen MR) is 192 cm³/mol. The van der Waals surface area contributed by atoms with Crippen LogP contribution in [0.3, 0.4) is 0 Å². The summed E-state index contributed by atoms with van der Waals surface area (Å²) in [5.74, 6) is 0. The maximum absolute atomic E-state index is 8.95. The molecule has 6 rings (SSSR count). The molecular weight excluding hydrogens is 756 g/mol. The van der Waals surface area contributed by atoms with Crippen LogP contribution in [0, 0.1) is 0 Å². The summed E-state index contributed by atoms with van der Waals surface area (Å²) in [6.07, 6.45) is 3.04. The number of hydrogen-bond donors (Lipinski definition) is 2. The van der Waals surface area contributed by atoms with Gasteiger partial charge in [0.05, 0.1) is 28.3 Å². The minimum Gasteiger partial charge on any atom is -1.00 e. The molecule has 0 aromatic heterocycles. The Morgan fingerprint density at radius 3 is 0.851 bits per heavy atom. The molecule has 0 radical (unpaired) electrons. The molecule has 0 amide bonds. The summed E-state index contributed by atoms with van der Waals surface area (Å²) in [7, 11) is -2.26. The molecule has 0 aliphatic rings. The summed E-state index contributed by atoms with van der Waals surface area (Å²) in [6, 6.07) is 58.4. The van der Waals surface area contributed by atoms with E-state index in [2.05, 4.69) is 120 Å². The Labute approximate surface area is 305 Å². The topological polar surface area (TPSA) is 65.2 Å². The van der Waals surface area contributed by atoms with Gasteiger partial charge in [0.15, 0.2) is 0 Å². The quantitative estimate of drug-likeness (QED) is 0.0750. The third-order valence-electron chi connectivity index (χ3n) is 7.10. The van der Waals surface area contributed by atoms with E-state index in [9.17, 15) is 0 Å². The van der Waals surface area contributed by atoms with Crippen LogP contribution in [0.4, 0.5) is 0 Å². The maximum Gasteiger partial charge on any atom is 2.00 e. The number of halogens is 2. The molecule has 0 fully saturated rings. The smallest absolute Gasteiger partial charge is 1.00 e. The minimum absolute atomic E-state index is 0. The van der Waals surface area contributed by atoms with Crippen LogP contribution in [0.15, 0.2) is 180 Å². The Balaban J connectivity index is 0.000000307. The van der Waals surface area contributed by atoms with E-state index >= 15 is 0 Å². The van der Waals surface area contributed by atoms with Crippen molar-refractivity contribution in [3.63, 3.8) is 0 Å². The van der Waals surface area contributed by atoms with Gasteiger partial charge in [0.25, 0.3) is 0 Å². The second-order valence-corrected chi connectivity index (χ2v) is 14.8. The molecule has 0 aliphatic carbocycles. The van der Waals surface area contributed by atoms with Crippen molar-refractivity contribution in [2.45, 2.75) is 0 Å². The SMILES string of the molecule is O/N=C/c1ccccc1[PH+](c1ccccc1)c1ccccc1.O/N=C/c1ccccc1[PH+](c1ccccc1)c1ccccc1.[Cl-].[Cl-].[Pd+2]. The van der Waals surface area contributed by atoms with Gasteiger partial charge in [-0.1, -0.05) is 107 Å². The number of benzene rings is 6. The van der Waals surface area contributed by atoms with E-state index in [4.69, 9.17) is 10.4 Å². The average Bonchev–Trinajstić information content (AvgIpc) is 3.09. The molecule has 0 heterocycles. The molecule has 47 heavy (non-hydrogen) atoms. The summed E-state index contributed by atoms with van der Waals surface area (Å²) >= 11 is 0. The van der Waals surface area contributed by atoms with Crippen LogP contribution in [0.2, 0.25) is 0 Å². The van der Waals surface area contributed by atoms with Crippen molar-refractivity contribution < 1.29 is 55.7 Å². The fourth-order valence-corrected chi connectivity index (χ4v) is 10.6. The zero-order chi connectivity index (χ0) is 30.4. The third-order valence-corrected chi connectivity index (χ3v) is 12.7. The largest absolute Gasteiger partial charge is 2.00 e. The fourth-order valence-electron chi connectivity index (χ4n) is 5.17. The van der Waals surface area contributed by atoms with E-state index in [1.807, 2.05) is 60.7 Å². The van der Waals surface area contributed by atoms with E-state index in [1.54, 1.807) is 0 Å². The standard InChI is InChI=1S/2C19H16NOP.2ClH.Pd/c2*21-20-15-16-9-7-8-14-19(16)22(17-10-3-1-4-11-17)18-12-5-2-6-13-18;;;/h2*1-15,21H;2*1H;/q;;;;+2/b2*20-15+;;;. The van der Waals surface area contributed by atoms with Crippen LogP contribution in [0.5, 0.6) is 0 Å². The number of hydrogen-bond acceptors (Lipinski definition) is 4. The first-order chi connectivity index (χ1) is 21.8. The van der Waals surface area contributed by atoms with Gasteiger partial charge in [-0.25, -0.2) is 0 Å². The van der Waals surface area contributed by atoms with E-state index in [0.29, 0.717) is 0 Å². The van der Waals surface area contributed by atoms with Gasteiger partial charge in [0.1, 0.15) is 31.8 Å². The van der Waals surface area contributed by atoms with Gasteiger partial charge in [0, 0.05) is 11.1 Å². The van der Waals surface area contributed by atoms with Crippen molar-refractivity contribution in [2.24, 2.45) is 10.3 Å². The Morgan fingerprint density at radius 1 is 0.362 bits per heavy atom. The van der Waals surface area contributed by atoms with Gasteiger partial charge < -0.3 is 35.2 Å². The first-order valence-corrected chi connectivity index (χ1v) is 17.3. The molecule has 4 nitrogen and oxygen atoms in total. The van der Waals surface area contributed by atoms with Gasteiger partial charge in [-0.05, 0) is 72.8 Å². The molecular formula is C38H34Cl2N2O2P2Pd+2. The van der Waals surface area contributed by atoms with Crippen molar-refractivity contribution in [3.8, 4) is 0 Å². The molecule has 6 aromatic carbocycles. The zero-order valence-electron chi connectivity index (χ0n) is 25.2. The molecule has 0 unspecified atom stereocenters. The van der Waals surface area contributed by atoms with Crippen molar-refractivity contribution in [1.29, 1.82) is 0 Å². The van der Waals surface area contributed by atoms with Gasteiger partial charge in [-0.2, -0.15) is 0 Å². The van der Waals surface area contributed by atoms with Crippen LogP contribution in [0.1, 0.15) is 11.1 Å². The minimum atomic E-state index is -1.13. The molecule has 240 valence electrons. The number of rotatable bonds is 8. The summed E-state index contributed by atoms with van der Waals surface area (Å²) < 4.78 is 0. The molecule has 0 aliphatic heterocycles. The van der Waals surface area contributed by atoms with E-state index in [0.717, 1.165) is 11.1 Å². The average molecular weight is 790 g/mol. The van der Waals surface area contributed by atoms with Gasteiger partial charge in [-0.15, -0.1) is 0 Å². The first-order valence-electron chi connectivity index (χ1n) is 14.3. The molecule has 9 heteroatoms. The molecule has 0 bridgehead atoms.